The van der Waals surface area contributed by atoms with Crippen LogP contribution < -0.4 is 5.73 Å². The molecule has 2 N–H and O–H groups in total. The van der Waals surface area contributed by atoms with Gasteiger partial charge in [0.05, 0.1) is 11.4 Å². The van der Waals surface area contributed by atoms with Crippen LogP contribution in [-0.4, -0.2) is 19.6 Å². The van der Waals surface area contributed by atoms with Gasteiger partial charge in [0, 0.05) is 31.5 Å². The number of hydrogen-bond donors (Lipinski definition) is 1. The minimum atomic E-state index is 0.691. The Bertz CT molecular complexity index is 506. The molecule has 0 bridgehead atoms. The smallest absolute Gasteiger partial charge is 0.119 e. The quantitative estimate of drug-likeness (QED) is 0.756. The fourth-order valence-corrected chi connectivity index (χ4v) is 1.82. The Kier molecular flexibility index (Phi) is 2.03. The van der Waals surface area contributed by atoms with Crippen molar-refractivity contribution in [1.29, 1.82) is 0 Å². The van der Waals surface area contributed by atoms with Crippen LogP contribution in [0.15, 0.2) is 6.20 Å². The van der Waals surface area contributed by atoms with Gasteiger partial charge in [-0.05, 0) is 13.8 Å². The Morgan fingerprint density at radius 3 is 2.27 bits per heavy atom. The lowest BCUT2D eigenvalue weighted by Gasteiger charge is -1.98. The number of anilines is 1. The fraction of sp³-hybridized carbons (Fsp3) is 0.400. The number of aryl methyl sites for hydroxylation is 3. The Hall–Kier alpha value is -1.78. The molecule has 0 saturated carbocycles. The molecule has 0 unspecified atom stereocenters. The van der Waals surface area contributed by atoms with Crippen LogP contribution in [0, 0.1) is 13.8 Å². The number of rotatable bonds is 1. The van der Waals surface area contributed by atoms with E-state index in [-0.39, 0.29) is 0 Å². The van der Waals surface area contributed by atoms with Gasteiger partial charge >= 0.3 is 0 Å². The van der Waals surface area contributed by atoms with Crippen molar-refractivity contribution < 1.29 is 0 Å². The molecule has 80 valence electrons. The predicted molar refractivity (Wildman–Crippen MR) is 59.3 cm³/mol. The SMILES string of the molecule is Cc1nn(C)c(C)c1-c1nn(C)cc1N. The highest BCUT2D eigenvalue weighted by molar-refractivity contribution is 5.75. The summed E-state index contributed by atoms with van der Waals surface area (Å²) in [6.45, 7) is 3.99. The van der Waals surface area contributed by atoms with Crippen molar-refractivity contribution in [1.82, 2.24) is 19.6 Å². The van der Waals surface area contributed by atoms with Gasteiger partial charge in [0.1, 0.15) is 5.69 Å². The van der Waals surface area contributed by atoms with Crippen molar-refractivity contribution in [2.75, 3.05) is 5.73 Å². The van der Waals surface area contributed by atoms with Crippen LogP contribution in [0.4, 0.5) is 5.69 Å². The van der Waals surface area contributed by atoms with Gasteiger partial charge in [-0.15, -0.1) is 0 Å². The molecule has 0 aliphatic rings. The van der Waals surface area contributed by atoms with Gasteiger partial charge in [0.2, 0.25) is 0 Å². The number of hydrogen-bond acceptors (Lipinski definition) is 3. The van der Waals surface area contributed by atoms with Crippen molar-refractivity contribution in [3.8, 4) is 11.3 Å². The maximum absolute atomic E-state index is 5.90. The first-order chi connectivity index (χ1) is 7.00. The second-order valence-electron chi connectivity index (χ2n) is 3.78. The zero-order valence-corrected chi connectivity index (χ0v) is 9.44. The molecule has 0 radical (unpaired) electrons. The molecule has 0 aliphatic carbocycles. The summed E-state index contributed by atoms with van der Waals surface area (Å²) in [6, 6.07) is 0. The Morgan fingerprint density at radius 2 is 1.87 bits per heavy atom. The van der Waals surface area contributed by atoms with E-state index in [0.717, 1.165) is 22.6 Å². The molecule has 2 rings (SSSR count). The van der Waals surface area contributed by atoms with Gasteiger partial charge in [-0.2, -0.15) is 10.2 Å². The molecular weight excluding hydrogens is 190 g/mol. The number of nitrogens with two attached hydrogens (primary N) is 1. The van der Waals surface area contributed by atoms with Crippen LogP contribution in [0.3, 0.4) is 0 Å². The molecule has 15 heavy (non-hydrogen) atoms. The van der Waals surface area contributed by atoms with Crippen LogP contribution in [0.2, 0.25) is 0 Å². The molecule has 0 aromatic carbocycles. The third-order valence-electron chi connectivity index (χ3n) is 2.60. The molecule has 2 heterocycles. The largest absolute Gasteiger partial charge is 0.396 e. The van der Waals surface area contributed by atoms with E-state index in [1.165, 1.54) is 0 Å². The molecular formula is C10H15N5. The summed E-state index contributed by atoms with van der Waals surface area (Å²) in [5, 5.41) is 8.70. The highest BCUT2D eigenvalue weighted by Crippen LogP contribution is 2.29. The molecule has 0 amide bonds. The van der Waals surface area contributed by atoms with Crippen molar-refractivity contribution in [3.05, 3.63) is 17.6 Å². The number of aromatic nitrogens is 4. The van der Waals surface area contributed by atoms with E-state index in [0.29, 0.717) is 5.69 Å². The normalized spacial score (nSPS) is 10.9. The summed E-state index contributed by atoms with van der Waals surface area (Å²) in [6.07, 6.45) is 1.81. The van der Waals surface area contributed by atoms with E-state index in [2.05, 4.69) is 10.2 Å². The van der Waals surface area contributed by atoms with Gasteiger partial charge < -0.3 is 5.73 Å². The number of nitrogens with zero attached hydrogens (tertiary/aromatic N) is 4. The summed E-state index contributed by atoms with van der Waals surface area (Å²) in [5.74, 6) is 0. The summed E-state index contributed by atoms with van der Waals surface area (Å²) in [4.78, 5) is 0. The number of nitrogen functional groups attached to an aromatic ring is 1. The van der Waals surface area contributed by atoms with Crippen molar-refractivity contribution in [3.63, 3.8) is 0 Å². The second kappa shape index (κ2) is 3.12. The summed E-state index contributed by atoms with van der Waals surface area (Å²) < 4.78 is 3.56. The van der Waals surface area contributed by atoms with Crippen molar-refractivity contribution in [2.24, 2.45) is 14.1 Å². The third-order valence-corrected chi connectivity index (χ3v) is 2.60. The molecule has 2 aromatic rings. The molecule has 5 nitrogen and oxygen atoms in total. The highest BCUT2D eigenvalue weighted by Gasteiger charge is 2.16. The minimum Gasteiger partial charge on any atom is -0.396 e. The Labute approximate surface area is 88.5 Å². The van der Waals surface area contributed by atoms with Crippen molar-refractivity contribution >= 4 is 5.69 Å². The van der Waals surface area contributed by atoms with Gasteiger partial charge in [-0.25, -0.2) is 0 Å². The molecule has 2 aromatic heterocycles. The first-order valence-electron chi connectivity index (χ1n) is 4.80. The van der Waals surface area contributed by atoms with Crippen LogP contribution in [0.1, 0.15) is 11.4 Å². The average Bonchev–Trinajstić information content (AvgIpc) is 2.56. The lowest BCUT2D eigenvalue weighted by Crippen LogP contribution is -1.94. The molecule has 0 spiro atoms. The second-order valence-corrected chi connectivity index (χ2v) is 3.78. The lowest BCUT2D eigenvalue weighted by atomic mass is 10.1. The molecule has 0 saturated heterocycles. The van der Waals surface area contributed by atoms with E-state index < -0.39 is 0 Å². The first kappa shape index (κ1) is 9.76. The van der Waals surface area contributed by atoms with Crippen LogP contribution in [-0.2, 0) is 14.1 Å². The maximum atomic E-state index is 5.90. The van der Waals surface area contributed by atoms with Crippen molar-refractivity contribution in [2.45, 2.75) is 13.8 Å². The standard InChI is InChI=1S/C10H15N5/c1-6-9(7(2)15(4)12-6)10-8(11)5-14(3)13-10/h5H,11H2,1-4H3. The fourth-order valence-electron chi connectivity index (χ4n) is 1.82. The summed E-state index contributed by atoms with van der Waals surface area (Å²) in [5.41, 5.74) is 10.5. The highest BCUT2D eigenvalue weighted by atomic mass is 15.3. The van der Waals surface area contributed by atoms with Crippen LogP contribution in [0.5, 0.6) is 0 Å². The van der Waals surface area contributed by atoms with Gasteiger partial charge in [0.15, 0.2) is 0 Å². The van der Waals surface area contributed by atoms with Gasteiger partial charge in [-0.1, -0.05) is 0 Å². The lowest BCUT2D eigenvalue weighted by molar-refractivity contribution is 0.731. The topological polar surface area (TPSA) is 61.7 Å². The molecule has 0 aliphatic heterocycles. The van der Waals surface area contributed by atoms with Gasteiger partial charge in [-0.3, -0.25) is 9.36 Å². The first-order valence-corrected chi connectivity index (χ1v) is 4.80. The van der Waals surface area contributed by atoms with E-state index in [1.54, 1.807) is 10.9 Å². The van der Waals surface area contributed by atoms with E-state index in [4.69, 9.17) is 5.73 Å². The van der Waals surface area contributed by atoms with E-state index >= 15 is 0 Å². The molecule has 0 fully saturated rings. The zero-order valence-electron chi connectivity index (χ0n) is 9.44. The summed E-state index contributed by atoms with van der Waals surface area (Å²) >= 11 is 0. The maximum Gasteiger partial charge on any atom is 0.119 e. The van der Waals surface area contributed by atoms with Crippen LogP contribution in [0.25, 0.3) is 11.3 Å². The zero-order chi connectivity index (χ0) is 11.2. The summed E-state index contributed by atoms with van der Waals surface area (Å²) in [7, 11) is 3.78. The monoisotopic (exact) mass is 205 g/mol. The van der Waals surface area contributed by atoms with Gasteiger partial charge in [0.25, 0.3) is 0 Å². The molecule has 5 heteroatoms. The molecule has 0 atom stereocenters. The van der Waals surface area contributed by atoms with E-state index in [1.807, 2.05) is 32.6 Å². The van der Waals surface area contributed by atoms with E-state index in [9.17, 15) is 0 Å². The van der Waals surface area contributed by atoms with Crippen LogP contribution >= 0.6 is 0 Å². The predicted octanol–water partition coefficient (Wildman–Crippen LogP) is 1.02. The average molecular weight is 205 g/mol. The minimum absolute atomic E-state index is 0.691. The third kappa shape index (κ3) is 1.40. The Balaban J connectivity index is 2.68. The Morgan fingerprint density at radius 1 is 1.20 bits per heavy atom.